The zero-order chi connectivity index (χ0) is 19.3. The maximum absolute atomic E-state index is 13.9. The van der Waals surface area contributed by atoms with Gasteiger partial charge >= 0.3 is 0 Å². The van der Waals surface area contributed by atoms with E-state index in [4.69, 9.17) is 4.74 Å². The summed E-state index contributed by atoms with van der Waals surface area (Å²) < 4.78 is 56.6. The standard InChI is InChI=1S/C17H18F2N2O4S/c1-25-14-6-4-13(5-7-14)20-17(22)9-10-21(26(2,23)24)16-8-3-12(18)11-15(16)19/h3-8,11H,9-10H2,1-2H3,(H,20,22). The van der Waals surface area contributed by atoms with Crippen LogP contribution in [0.2, 0.25) is 0 Å². The first-order valence-electron chi connectivity index (χ1n) is 7.57. The number of ether oxygens (including phenoxy) is 1. The van der Waals surface area contributed by atoms with Crippen LogP contribution in [0.25, 0.3) is 0 Å². The van der Waals surface area contributed by atoms with Crippen LogP contribution in [-0.4, -0.2) is 34.2 Å². The molecule has 2 rings (SSSR count). The Morgan fingerprint density at radius 3 is 2.35 bits per heavy atom. The number of benzene rings is 2. The first kappa shape index (κ1) is 19.6. The molecule has 0 unspecified atom stereocenters. The lowest BCUT2D eigenvalue weighted by Gasteiger charge is -2.22. The number of methoxy groups -OCH3 is 1. The van der Waals surface area contributed by atoms with E-state index in [0.717, 1.165) is 22.7 Å². The number of sulfonamides is 1. The molecule has 0 aliphatic carbocycles. The number of hydrogen-bond acceptors (Lipinski definition) is 4. The molecule has 0 aromatic heterocycles. The molecule has 0 saturated heterocycles. The molecule has 9 heteroatoms. The molecule has 6 nitrogen and oxygen atoms in total. The molecular weight excluding hydrogens is 366 g/mol. The van der Waals surface area contributed by atoms with Gasteiger partial charge in [0, 0.05) is 24.7 Å². The molecule has 0 saturated carbocycles. The largest absolute Gasteiger partial charge is 0.497 e. The second-order valence-corrected chi connectivity index (χ2v) is 7.36. The van der Waals surface area contributed by atoms with Crippen LogP contribution < -0.4 is 14.4 Å². The van der Waals surface area contributed by atoms with Crippen LogP contribution in [0.5, 0.6) is 5.75 Å². The molecule has 0 atom stereocenters. The van der Waals surface area contributed by atoms with Gasteiger partial charge in [-0.25, -0.2) is 17.2 Å². The zero-order valence-corrected chi connectivity index (χ0v) is 15.0. The summed E-state index contributed by atoms with van der Waals surface area (Å²) in [6, 6.07) is 9.14. The monoisotopic (exact) mass is 384 g/mol. The average molecular weight is 384 g/mol. The van der Waals surface area contributed by atoms with Crippen LogP contribution >= 0.6 is 0 Å². The quantitative estimate of drug-likeness (QED) is 0.797. The molecule has 0 bridgehead atoms. The Balaban J connectivity index is 2.08. The molecule has 1 amide bonds. The molecule has 26 heavy (non-hydrogen) atoms. The van der Waals surface area contributed by atoms with E-state index in [1.54, 1.807) is 24.3 Å². The Labute approximate surface area is 150 Å². The molecule has 0 radical (unpaired) electrons. The summed E-state index contributed by atoms with van der Waals surface area (Å²) in [7, 11) is -2.34. The van der Waals surface area contributed by atoms with Crippen molar-refractivity contribution in [3.63, 3.8) is 0 Å². The van der Waals surface area contributed by atoms with Gasteiger partial charge in [0.1, 0.15) is 17.4 Å². The van der Waals surface area contributed by atoms with Crippen molar-refractivity contribution in [1.82, 2.24) is 0 Å². The molecule has 0 spiro atoms. The van der Waals surface area contributed by atoms with Gasteiger partial charge < -0.3 is 10.1 Å². The van der Waals surface area contributed by atoms with Crippen LogP contribution in [0.4, 0.5) is 20.2 Å². The minimum Gasteiger partial charge on any atom is -0.497 e. The second kappa shape index (κ2) is 8.13. The molecule has 2 aromatic carbocycles. The molecular formula is C17H18F2N2O4S. The summed E-state index contributed by atoms with van der Waals surface area (Å²) in [5.74, 6) is -1.67. The number of nitrogens with zero attached hydrogens (tertiary/aromatic N) is 1. The van der Waals surface area contributed by atoms with Gasteiger partial charge in [-0.2, -0.15) is 0 Å². The van der Waals surface area contributed by atoms with E-state index in [0.29, 0.717) is 17.5 Å². The summed E-state index contributed by atoms with van der Waals surface area (Å²) in [5.41, 5.74) is 0.195. The third kappa shape index (κ3) is 5.16. The lowest BCUT2D eigenvalue weighted by atomic mass is 10.2. The Morgan fingerprint density at radius 2 is 1.81 bits per heavy atom. The average Bonchev–Trinajstić information content (AvgIpc) is 2.56. The summed E-state index contributed by atoms with van der Waals surface area (Å²) >= 11 is 0. The molecule has 0 heterocycles. The third-order valence-corrected chi connectivity index (χ3v) is 4.67. The number of halogens is 2. The van der Waals surface area contributed by atoms with E-state index in [9.17, 15) is 22.0 Å². The first-order chi connectivity index (χ1) is 12.2. The first-order valence-corrected chi connectivity index (χ1v) is 9.42. The van der Waals surface area contributed by atoms with E-state index in [-0.39, 0.29) is 18.7 Å². The molecule has 140 valence electrons. The van der Waals surface area contributed by atoms with Crippen molar-refractivity contribution in [3.05, 3.63) is 54.1 Å². The number of carbonyl (C=O) groups excluding carboxylic acids is 1. The van der Waals surface area contributed by atoms with Gasteiger partial charge in [-0.05, 0) is 36.4 Å². The fourth-order valence-corrected chi connectivity index (χ4v) is 3.18. The summed E-state index contributed by atoms with van der Waals surface area (Å²) in [4.78, 5) is 12.1. The fourth-order valence-electron chi connectivity index (χ4n) is 2.25. The minimum absolute atomic E-state index is 0.212. The Kier molecular flexibility index (Phi) is 6.14. The van der Waals surface area contributed by atoms with E-state index in [1.807, 2.05) is 0 Å². The van der Waals surface area contributed by atoms with Crippen molar-refractivity contribution in [2.24, 2.45) is 0 Å². The predicted octanol–water partition coefficient (Wildman–Crippen LogP) is 2.77. The van der Waals surface area contributed by atoms with Crippen LogP contribution in [-0.2, 0) is 14.8 Å². The molecule has 1 N–H and O–H groups in total. The van der Waals surface area contributed by atoms with E-state index >= 15 is 0 Å². The number of nitrogens with one attached hydrogen (secondary N) is 1. The molecule has 0 fully saturated rings. The molecule has 2 aromatic rings. The van der Waals surface area contributed by atoms with E-state index in [1.165, 1.54) is 7.11 Å². The van der Waals surface area contributed by atoms with Gasteiger partial charge in [0.05, 0.1) is 19.1 Å². The highest BCUT2D eigenvalue weighted by atomic mass is 32.2. The van der Waals surface area contributed by atoms with Crippen LogP contribution in [0.1, 0.15) is 6.42 Å². The van der Waals surface area contributed by atoms with Crippen molar-refractivity contribution in [1.29, 1.82) is 0 Å². The van der Waals surface area contributed by atoms with Gasteiger partial charge in [-0.3, -0.25) is 9.10 Å². The maximum atomic E-state index is 13.9. The zero-order valence-electron chi connectivity index (χ0n) is 14.2. The van der Waals surface area contributed by atoms with Gasteiger partial charge in [-0.15, -0.1) is 0 Å². The smallest absolute Gasteiger partial charge is 0.232 e. The summed E-state index contributed by atoms with van der Waals surface area (Å²) in [6.07, 6.45) is 0.674. The van der Waals surface area contributed by atoms with E-state index in [2.05, 4.69) is 5.32 Å². The number of anilines is 2. The molecule has 0 aliphatic rings. The molecule has 0 aliphatic heterocycles. The van der Waals surface area contributed by atoms with Gasteiger partial charge in [-0.1, -0.05) is 0 Å². The summed E-state index contributed by atoms with van der Waals surface area (Å²) in [5, 5.41) is 2.61. The Hall–Kier alpha value is -2.68. The number of hydrogen-bond donors (Lipinski definition) is 1. The Morgan fingerprint density at radius 1 is 1.15 bits per heavy atom. The minimum atomic E-state index is -3.86. The van der Waals surface area contributed by atoms with Crippen molar-refractivity contribution in [3.8, 4) is 5.75 Å². The second-order valence-electron chi connectivity index (χ2n) is 5.46. The highest BCUT2D eigenvalue weighted by molar-refractivity contribution is 7.92. The SMILES string of the molecule is COc1ccc(NC(=O)CCN(c2ccc(F)cc2F)S(C)(=O)=O)cc1. The van der Waals surface area contributed by atoms with Crippen molar-refractivity contribution >= 4 is 27.3 Å². The number of amides is 1. The highest BCUT2D eigenvalue weighted by Gasteiger charge is 2.22. The van der Waals surface area contributed by atoms with Crippen molar-refractivity contribution in [2.75, 3.05) is 29.5 Å². The van der Waals surface area contributed by atoms with E-state index < -0.39 is 27.6 Å². The predicted molar refractivity (Wildman–Crippen MR) is 94.8 cm³/mol. The number of rotatable bonds is 7. The lowest BCUT2D eigenvalue weighted by Crippen LogP contribution is -2.33. The van der Waals surface area contributed by atoms with Crippen LogP contribution in [0, 0.1) is 11.6 Å². The number of carbonyl (C=O) groups is 1. The highest BCUT2D eigenvalue weighted by Crippen LogP contribution is 2.23. The van der Waals surface area contributed by atoms with Crippen molar-refractivity contribution in [2.45, 2.75) is 6.42 Å². The van der Waals surface area contributed by atoms with Crippen molar-refractivity contribution < 1.29 is 26.7 Å². The fraction of sp³-hybridized carbons (Fsp3) is 0.235. The Bertz CT molecular complexity index is 886. The van der Waals surface area contributed by atoms with Gasteiger partial charge in [0.15, 0.2) is 0 Å². The summed E-state index contributed by atoms with van der Waals surface area (Å²) in [6.45, 7) is -0.288. The van der Waals surface area contributed by atoms with Gasteiger partial charge in [0.2, 0.25) is 15.9 Å². The third-order valence-electron chi connectivity index (χ3n) is 3.49. The van der Waals surface area contributed by atoms with Crippen LogP contribution in [0.15, 0.2) is 42.5 Å². The van der Waals surface area contributed by atoms with Crippen LogP contribution in [0.3, 0.4) is 0 Å². The topological polar surface area (TPSA) is 75.7 Å². The van der Waals surface area contributed by atoms with Gasteiger partial charge in [0.25, 0.3) is 0 Å². The maximum Gasteiger partial charge on any atom is 0.232 e. The lowest BCUT2D eigenvalue weighted by molar-refractivity contribution is -0.116. The normalized spacial score (nSPS) is 11.1.